The number of benzene rings is 2. The highest BCUT2D eigenvalue weighted by molar-refractivity contribution is 5.99. The molecule has 0 saturated carbocycles. The SMILES string of the molecule is CCCCCCNC(=O)N(c1ccccc1)c1ccccc1. The second kappa shape index (κ2) is 8.88. The fraction of sp³-hybridized carbons (Fsp3) is 0.316. The van der Waals surface area contributed by atoms with E-state index in [-0.39, 0.29) is 6.03 Å². The van der Waals surface area contributed by atoms with Crippen molar-refractivity contribution in [3.63, 3.8) is 0 Å². The molecule has 3 nitrogen and oxygen atoms in total. The molecule has 0 heterocycles. The number of rotatable bonds is 7. The van der Waals surface area contributed by atoms with E-state index in [1.165, 1.54) is 12.8 Å². The van der Waals surface area contributed by atoms with Crippen LogP contribution >= 0.6 is 0 Å². The minimum atomic E-state index is -0.0751. The summed E-state index contributed by atoms with van der Waals surface area (Å²) in [7, 11) is 0. The molecule has 0 radical (unpaired) electrons. The number of hydrogen-bond acceptors (Lipinski definition) is 1. The van der Waals surface area contributed by atoms with E-state index in [0.717, 1.165) is 30.8 Å². The molecule has 2 aromatic carbocycles. The number of para-hydroxylation sites is 2. The number of carbonyl (C=O) groups excluding carboxylic acids is 1. The molecule has 2 amide bonds. The standard InChI is InChI=1S/C19H24N2O/c1-2-3-4-11-16-20-19(22)21(17-12-7-5-8-13-17)18-14-9-6-10-15-18/h5-10,12-15H,2-4,11,16H2,1H3,(H,20,22). The first-order valence-electron chi connectivity index (χ1n) is 8.01. The predicted octanol–water partition coefficient (Wildman–Crippen LogP) is 5.11. The van der Waals surface area contributed by atoms with Crippen LogP contribution in [0.4, 0.5) is 16.2 Å². The van der Waals surface area contributed by atoms with E-state index in [1.807, 2.05) is 60.7 Å². The second-order valence-corrected chi connectivity index (χ2v) is 5.30. The Hall–Kier alpha value is -2.29. The number of amides is 2. The molecule has 0 bridgehead atoms. The lowest BCUT2D eigenvalue weighted by Gasteiger charge is -2.23. The van der Waals surface area contributed by atoms with E-state index in [0.29, 0.717) is 0 Å². The molecule has 0 aliphatic heterocycles. The summed E-state index contributed by atoms with van der Waals surface area (Å²) in [6, 6.07) is 19.4. The summed E-state index contributed by atoms with van der Waals surface area (Å²) in [6.45, 7) is 2.90. The zero-order valence-corrected chi connectivity index (χ0v) is 13.2. The lowest BCUT2D eigenvalue weighted by molar-refractivity contribution is 0.248. The van der Waals surface area contributed by atoms with E-state index in [1.54, 1.807) is 4.90 Å². The van der Waals surface area contributed by atoms with Gasteiger partial charge in [0, 0.05) is 6.54 Å². The molecule has 3 heteroatoms. The van der Waals surface area contributed by atoms with Crippen molar-refractivity contribution in [3.8, 4) is 0 Å². The summed E-state index contributed by atoms with van der Waals surface area (Å²) < 4.78 is 0. The summed E-state index contributed by atoms with van der Waals surface area (Å²) in [5.41, 5.74) is 1.75. The van der Waals surface area contributed by atoms with Crippen molar-refractivity contribution in [2.24, 2.45) is 0 Å². The Morgan fingerprint density at radius 1 is 0.864 bits per heavy atom. The largest absolute Gasteiger partial charge is 0.337 e. The van der Waals surface area contributed by atoms with Crippen LogP contribution in [-0.4, -0.2) is 12.6 Å². The van der Waals surface area contributed by atoms with E-state index >= 15 is 0 Å². The Kier molecular flexibility index (Phi) is 6.49. The van der Waals surface area contributed by atoms with Crippen LogP contribution in [0, 0.1) is 0 Å². The minimum Gasteiger partial charge on any atom is -0.337 e. The third-order valence-corrected chi connectivity index (χ3v) is 3.54. The number of carbonyl (C=O) groups is 1. The zero-order valence-electron chi connectivity index (χ0n) is 13.2. The monoisotopic (exact) mass is 296 g/mol. The molecule has 2 rings (SSSR count). The van der Waals surface area contributed by atoms with Gasteiger partial charge in [-0.2, -0.15) is 0 Å². The average molecular weight is 296 g/mol. The van der Waals surface area contributed by atoms with Crippen molar-refractivity contribution >= 4 is 17.4 Å². The van der Waals surface area contributed by atoms with Crippen LogP contribution in [0.3, 0.4) is 0 Å². The van der Waals surface area contributed by atoms with Gasteiger partial charge < -0.3 is 5.32 Å². The quantitative estimate of drug-likeness (QED) is 0.707. The molecule has 0 fully saturated rings. The highest BCUT2D eigenvalue weighted by atomic mass is 16.2. The van der Waals surface area contributed by atoms with Crippen LogP contribution in [0.5, 0.6) is 0 Å². The number of nitrogens with one attached hydrogen (secondary N) is 1. The van der Waals surface area contributed by atoms with Crippen LogP contribution in [-0.2, 0) is 0 Å². The first kappa shape index (κ1) is 16.1. The van der Waals surface area contributed by atoms with E-state index in [2.05, 4.69) is 12.2 Å². The molecule has 22 heavy (non-hydrogen) atoms. The van der Waals surface area contributed by atoms with Gasteiger partial charge in [-0.05, 0) is 30.7 Å². The van der Waals surface area contributed by atoms with Gasteiger partial charge in [0.15, 0.2) is 0 Å². The van der Waals surface area contributed by atoms with Crippen molar-refractivity contribution in [1.29, 1.82) is 0 Å². The lowest BCUT2D eigenvalue weighted by Crippen LogP contribution is -2.37. The molecule has 0 aromatic heterocycles. The Labute approximate surface area is 133 Å². The zero-order chi connectivity index (χ0) is 15.6. The van der Waals surface area contributed by atoms with Crippen LogP contribution < -0.4 is 10.2 Å². The summed E-state index contributed by atoms with van der Waals surface area (Å²) in [4.78, 5) is 14.3. The molecular formula is C19H24N2O. The Bertz CT molecular complexity index is 515. The van der Waals surface area contributed by atoms with Gasteiger partial charge >= 0.3 is 6.03 Å². The first-order valence-corrected chi connectivity index (χ1v) is 8.01. The maximum absolute atomic E-state index is 12.6. The lowest BCUT2D eigenvalue weighted by atomic mass is 10.2. The van der Waals surface area contributed by atoms with Crippen molar-refractivity contribution in [1.82, 2.24) is 5.32 Å². The Balaban J connectivity index is 2.07. The van der Waals surface area contributed by atoms with Gasteiger partial charge in [0.25, 0.3) is 0 Å². The first-order chi connectivity index (χ1) is 10.8. The Morgan fingerprint density at radius 2 is 1.41 bits per heavy atom. The average Bonchev–Trinajstić information content (AvgIpc) is 2.57. The fourth-order valence-corrected chi connectivity index (χ4v) is 2.36. The summed E-state index contributed by atoms with van der Waals surface area (Å²) in [5, 5.41) is 3.03. The van der Waals surface area contributed by atoms with Crippen LogP contribution in [0.2, 0.25) is 0 Å². The van der Waals surface area contributed by atoms with Gasteiger partial charge in [-0.3, -0.25) is 4.90 Å². The minimum absolute atomic E-state index is 0.0751. The van der Waals surface area contributed by atoms with E-state index in [9.17, 15) is 4.79 Å². The molecule has 1 N–H and O–H groups in total. The number of unbranched alkanes of at least 4 members (excludes halogenated alkanes) is 3. The van der Waals surface area contributed by atoms with Crippen LogP contribution in [0.1, 0.15) is 32.6 Å². The number of anilines is 2. The van der Waals surface area contributed by atoms with E-state index in [4.69, 9.17) is 0 Å². The number of hydrogen-bond donors (Lipinski definition) is 1. The third-order valence-electron chi connectivity index (χ3n) is 3.54. The summed E-state index contributed by atoms with van der Waals surface area (Å²) in [6.07, 6.45) is 4.61. The van der Waals surface area contributed by atoms with Crippen LogP contribution in [0.25, 0.3) is 0 Å². The Morgan fingerprint density at radius 3 is 1.91 bits per heavy atom. The molecule has 0 spiro atoms. The highest BCUT2D eigenvalue weighted by Gasteiger charge is 2.16. The van der Waals surface area contributed by atoms with E-state index < -0.39 is 0 Å². The molecule has 0 unspecified atom stereocenters. The van der Waals surface area contributed by atoms with Gasteiger partial charge in [0.05, 0.1) is 11.4 Å². The van der Waals surface area contributed by atoms with Crippen molar-refractivity contribution in [3.05, 3.63) is 60.7 Å². The molecular weight excluding hydrogens is 272 g/mol. The topological polar surface area (TPSA) is 32.3 Å². The molecule has 0 aliphatic carbocycles. The third kappa shape index (κ3) is 4.62. The summed E-state index contributed by atoms with van der Waals surface area (Å²) >= 11 is 0. The molecule has 2 aromatic rings. The normalized spacial score (nSPS) is 10.2. The molecule has 116 valence electrons. The molecule has 0 saturated heterocycles. The van der Waals surface area contributed by atoms with Gasteiger partial charge in [-0.15, -0.1) is 0 Å². The molecule has 0 aliphatic rings. The predicted molar refractivity (Wildman–Crippen MR) is 92.6 cm³/mol. The van der Waals surface area contributed by atoms with Gasteiger partial charge in [-0.1, -0.05) is 62.6 Å². The second-order valence-electron chi connectivity index (χ2n) is 5.30. The number of urea groups is 1. The summed E-state index contributed by atoms with van der Waals surface area (Å²) in [5.74, 6) is 0. The van der Waals surface area contributed by atoms with Crippen molar-refractivity contribution in [2.45, 2.75) is 32.6 Å². The fourth-order valence-electron chi connectivity index (χ4n) is 2.36. The van der Waals surface area contributed by atoms with Crippen molar-refractivity contribution < 1.29 is 4.79 Å². The van der Waals surface area contributed by atoms with Gasteiger partial charge in [-0.25, -0.2) is 4.79 Å². The maximum atomic E-state index is 12.6. The number of nitrogens with zero attached hydrogens (tertiary/aromatic N) is 1. The van der Waals surface area contributed by atoms with Gasteiger partial charge in [0.1, 0.15) is 0 Å². The maximum Gasteiger partial charge on any atom is 0.326 e. The highest BCUT2D eigenvalue weighted by Crippen LogP contribution is 2.24. The molecule has 0 atom stereocenters. The smallest absolute Gasteiger partial charge is 0.326 e. The van der Waals surface area contributed by atoms with Crippen LogP contribution in [0.15, 0.2) is 60.7 Å². The van der Waals surface area contributed by atoms with Gasteiger partial charge in [0.2, 0.25) is 0 Å². The van der Waals surface area contributed by atoms with Crippen molar-refractivity contribution in [2.75, 3.05) is 11.4 Å².